The van der Waals surface area contributed by atoms with Crippen molar-refractivity contribution in [3.05, 3.63) is 5.82 Å². The summed E-state index contributed by atoms with van der Waals surface area (Å²) < 4.78 is 10.0. The molecule has 5 nitrogen and oxygen atoms in total. The lowest BCUT2D eigenvalue weighted by Crippen LogP contribution is -2.50. The van der Waals surface area contributed by atoms with E-state index in [0.717, 1.165) is 37.3 Å². The highest BCUT2D eigenvalue weighted by Crippen LogP contribution is 2.39. The van der Waals surface area contributed by atoms with Crippen LogP contribution in [-0.4, -0.2) is 48.8 Å². The lowest BCUT2D eigenvalue weighted by Gasteiger charge is -2.34. The lowest BCUT2D eigenvalue weighted by molar-refractivity contribution is 0.0943. The zero-order valence-electron chi connectivity index (χ0n) is 10.1. The largest absolute Gasteiger partial charge is 0.377 e. The number of hydrogen-bond donors (Lipinski definition) is 1. The van der Waals surface area contributed by atoms with Crippen LogP contribution in [-0.2, 0) is 4.74 Å². The van der Waals surface area contributed by atoms with E-state index in [1.165, 1.54) is 24.4 Å². The Morgan fingerprint density at radius 3 is 3.18 bits per heavy atom. The number of anilines is 1. The van der Waals surface area contributed by atoms with Gasteiger partial charge in [-0.2, -0.15) is 4.37 Å². The van der Waals surface area contributed by atoms with Crippen LogP contribution in [0.1, 0.15) is 24.6 Å². The molecule has 2 aliphatic rings. The van der Waals surface area contributed by atoms with Gasteiger partial charge in [0.05, 0.1) is 19.3 Å². The van der Waals surface area contributed by atoms with Crippen molar-refractivity contribution in [3.63, 3.8) is 0 Å². The minimum Gasteiger partial charge on any atom is -0.377 e. The summed E-state index contributed by atoms with van der Waals surface area (Å²) in [6, 6.07) is 0.383. The summed E-state index contributed by atoms with van der Waals surface area (Å²) in [7, 11) is 1.97. The average molecular weight is 254 g/mol. The molecule has 1 aromatic heterocycles. The van der Waals surface area contributed by atoms with E-state index < -0.39 is 0 Å². The SMILES string of the molecule is CNCC1COCCN1c1nc(C2CC2)ns1. The third-order valence-electron chi connectivity index (χ3n) is 3.29. The molecule has 2 fully saturated rings. The molecule has 1 N–H and O–H groups in total. The predicted molar refractivity (Wildman–Crippen MR) is 67.8 cm³/mol. The molecule has 1 saturated heterocycles. The first kappa shape index (κ1) is 11.4. The van der Waals surface area contributed by atoms with Gasteiger partial charge in [0, 0.05) is 30.5 Å². The van der Waals surface area contributed by atoms with E-state index in [1.807, 2.05) is 7.05 Å². The molecule has 1 aliphatic carbocycles. The zero-order chi connectivity index (χ0) is 11.7. The van der Waals surface area contributed by atoms with E-state index in [0.29, 0.717) is 12.0 Å². The first-order valence-corrected chi connectivity index (χ1v) is 6.98. The van der Waals surface area contributed by atoms with Crippen LogP contribution in [0.3, 0.4) is 0 Å². The second-order valence-corrected chi connectivity index (χ2v) is 5.42. The number of nitrogens with one attached hydrogen (secondary N) is 1. The molecule has 1 aromatic rings. The molecular weight excluding hydrogens is 236 g/mol. The molecule has 1 aliphatic heterocycles. The van der Waals surface area contributed by atoms with E-state index in [-0.39, 0.29) is 0 Å². The molecule has 2 heterocycles. The second-order valence-electron chi connectivity index (χ2n) is 4.69. The minimum absolute atomic E-state index is 0.383. The van der Waals surface area contributed by atoms with Gasteiger partial charge in [-0.3, -0.25) is 0 Å². The number of likely N-dealkylation sites (N-methyl/N-ethyl adjacent to an activating group) is 1. The van der Waals surface area contributed by atoms with Gasteiger partial charge >= 0.3 is 0 Å². The summed E-state index contributed by atoms with van der Waals surface area (Å²) in [5.41, 5.74) is 0. The third-order valence-corrected chi connectivity index (χ3v) is 4.05. The van der Waals surface area contributed by atoms with Crippen LogP contribution < -0.4 is 10.2 Å². The quantitative estimate of drug-likeness (QED) is 0.863. The molecule has 0 spiro atoms. The van der Waals surface area contributed by atoms with Gasteiger partial charge in [-0.15, -0.1) is 0 Å². The molecule has 17 heavy (non-hydrogen) atoms. The maximum absolute atomic E-state index is 5.53. The number of ether oxygens (including phenoxy) is 1. The van der Waals surface area contributed by atoms with E-state index >= 15 is 0 Å². The topological polar surface area (TPSA) is 50.3 Å². The smallest absolute Gasteiger partial charge is 0.205 e. The number of hydrogen-bond acceptors (Lipinski definition) is 6. The number of nitrogens with zero attached hydrogens (tertiary/aromatic N) is 3. The summed E-state index contributed by atoms with van der Waals surface area (Å²) in [5, 5.41) is 4.28. The van der Waals surface area contributed by atoms with Crippen molar-refractivity contribution in [3.8, 4) is 0 Å². The molecule has 0 bridgehead atoms. The van der Waals surface area contributed by atoms with Crippen molar-refractivity contribution in [2.24, 2.45) is 0 Å². The standard InChI is InChI=1S/C11H18N4OS/c1-12-6-9-7-16-5-4-15(9)11-13-10(14-17-11)8-2-3-8/h8-9,12H,2-7H2,1H3. The van der Waals surface area contributed by atoms with Gasteiger partial charge in [0.2, 0.25) is 5.13 Å². The van der Waals surface area contributed by atoms with Crippen molar-refractivity contribution < 1.29 is 4.74 Å². The fourth-order valence-electron chi connectivity index (χ4n) is 2.16. The average Bonchev–Trinajstić information content (AvgIpc) is 3.09. The van der Waals surface area contributed by atoms with Gasteiger partial charge in [0.25, 0.3) is 0 Å². The second kappa shape index (κ2) is 4.88. The molecule has 1 unspecified atom stereocenters. The Bertz CT molecular complexity index is 377. The van der Waals surface area contributed by atoms with Crippen LogP contribution in [0.15, 0.2) is 0 Å². The normalized spacial score (nSPS) is 25.2. The maximum atomic E-state index is 5.53. The molecule has 1 atom stereocenters. The summed E-state index contributed by atoms with van der Waals surface area (Å²) in [5.74, 6) is 1.70. The molecule has 0 radical (unpaired) electrons. The van der Waals surface area contributed by atoms with Gasteiger partial charge in [0.15, 0.2) is 0 Å². The monoisotopic (exact) mass is 254 g/mol. The first-order chi connectivity index (χ1) is 8.38. The van der Waals surface area contributed by atoms with Gasteiger partial charge in [-0.1, -0.05) is 0 Å². The van der Waals surface area contributed by atoms with E-state index in [4.69, 9.17) is 4.74 Å². The number of rotatable bonds is 4. The molecule has 94 valence electrons. The Labute approximate surface area is 105 Å². The highest BCUT2D eigenvalue weighted by atomic mass is 32.1. The molecular formula is C11H18N4OS. The fourth-order valence-corrected chi connectivity index (χ4v) is 3.01. The van der Waals surface area contributed by atoms with E-state index in [1.54, 1.807) is 0 Å². The van der Waals surface area contributed by atoms with Crippen LogP contribution in [0.5, 0.6) is 0 Å². The zero-order valence-corrected chi connectivity index (χ0v) is 10.9. The molecule has 0 amide bonds. The summed E-state index contributed by atoms with van der Waals surface area (Å²) in [6.45, 7) is 3.42. The first-order valence-electron chi connectivity index (χ1n) is 6.21. The van der Waals surface area contributed by atoms with E-state index in [9.17, 15) is 0 Å². The van der Waals surface area contributed by atoms with Gasteiger partial charge < -0.3 is 15.0 Å². The minimum atomic E-state index is 0.383. The van der Waals surface area contributed by atoms with Crippen molar-refractivity contribution in [1.29, 1.82) is 0 Å². The van der Waals surface area contributed by atoms with Gasteiger partial charge in [0.1, 0.15) is 5.82 Å². The van der Waals surface area contributed by atoms with Crippen molar-refractivity contribution >= 4 is 16.7 Å². The van der Waals surface area contributed by atoms with Crippen molar-refractivity contribution in [1.82, 2.24) is 14.7 Å². The molecule has 6 heteroatoms. The highest BCUT2D eigenvalue weighted by molar-refractivity contribution is 7.09. The van der Waals surface area contributed by atoms with Crippen molar-refractivity contribution in [2.45, 2.75) is 24.8 Å². The third kappa shape index (κ3) is 2.43. The summed E-state index contributed by atoms with van der Waals surface area (Å²) in [6.07, 6.45) is 2.53. The Hall–Kier alpha value is -0.720. The number of morpholine rings is 1. The number of aromatic nitrogens is 2. The van der Waals surface area contributed by atoms with Crippen LogP contribution >= 0.6 is 11.5 Å². The molecule has 1 saturated carbocycles. The van der Waals surface area contributed by atoms with Crippen LogP contribution in [0.25, 0.3) is 0 Å². The van der Waals surface area contributed by atoms with Crippen LogP contribution in [0.4, 0.5) is 5.13 Å². The van der Waals surface area contributed by atoms with Crippen LogP contribution in [0, 0.1) is 0 Å². The fraction of sp³-hybridized carbons (Fsp3) is 0.818. The Kier molecular flexibility index (Phi) is 3.26. The lowest BCUT2D eigenvalue weighted by atomic mass is 10.2. The summed E-state index contributed by atoms with van der Waals surface area (Å²) in [4.78, 5) is 7.02. The highest BCUT2D eigenvalue weighted by Gasteiger charge is 2.30. The predicted octanol–water partition coefficient (Wildman–Crippen LogP) is 0.840. The molecule has 3 rings (SSSR count). The van der Waals surface area contributed by atoms with E-state index in [2.05, 4.69) is 19.6 Å². The maximum Gasteiger partial charge on any atom is 0.205 e. The van der Waals surface area contributed by atoms with Gasteiger partial charge in [-0.05, 0) is 19.9 Å². The molecule has 0 aromatic carbocycles. The van der Waals surface area contributed by atoms with Crippen molar-refractivity contribution in [2.75, 3.05) is 38.3 Å². The Balaban J connectivity index is 1.74. The van der Waals surface area contributed by atoms with Crippen LogP contribution in [0.2, 0.25) is 0 Å². The summed E-state index contributed by atoms with van der Waals surface area (Å²) >= 11 is 1.54. The Morgan fingerprint density at radius 1 is 1.53 bits per heavy atom. The Morgan fingerprint density at radius 2 is 2.41 bits per heavy atom. The van der Waals surface area contributed by atoms with Gasteiger partial charge in [-0.25, -0.2) is 4.98 Å².